The van der Waals surface area contributed by atoms with Gasteiger partial charge in [0, 0.05) is 18.8 Å². The summed E-state index contributed by atoms with van der Waals surface area (Å²) in [6, 6.07) is 3.97. The van der Waals surface area contributed by atoms with Gasteiger partial charge in [0.05, 0.1) is 17.9 Å². The van der Waals surface area contributed by atoms with Gasteiger partial charge in [-0.2, -0.15) is 22.0 Å². The van der Waals surface area contributed by atoms with Gasteiger partial charge in [-0.3, -0.25) is 14.5 Å². The van der Waals surface area contributed by atoms with Crippen molar-refractivity contribution >= 4 is 30.0 Å². The predicted molar refractivity (Wildman–Crippen MR) is 90.7 cm³/mol. The lowest BCUT2D eigenvalue weighted by atomic mass is 9.96. The van der Waals surface area contributed by atoms with Crippen molar-refractivity contribution in [1.82, 2.24) is 4.90 Å². The number of amides is 1. The van der Waals surface area contributed by atoms with E-state index in [1.165, 1.54) is 31.2 Å². The van der Waals surface area contributed by atoms with Crippen LogP contribution in [0.3, 0.4) is 0 Å². The number of hydrogen-bond donors (Lipinski definition) is 2. The molecule has 0 radical (unpaired) electrons. The summed E-state index contributed by atoms with van der Waals surface area (Å²) in [5.74, 6) is -6.04. The normalized spacial score (nSPS) is 21.1. The topological polar surface area (TPSA) is 78.9 Å². The van der Waals surface area contributed by atoms with Crippen LogP contribution < -0.4 is 10.1 Å². The van der Waals surface area contributed by atoms with Gasteiger partial charge < -0.3 is 15.2 Å². The van der Waals surface area contributed by atoms with E-state index in [4.69, 9.17) is 5.11 Å². The highest BCUT2D eigenvalue weighted by molar-refractivity contribution is 5.94. The number of carboxylic acid groups (broad SMARTS) is 1. The number of nitrogens with zero attached hydrogens (tertiary/aromatic N) is 1. The average molecular weight is 433 g/mol. The molecule has 0 aromatic heterocycles. The van der Waals surface area contributed by atoms with Crippen LogP contribution in [0.1, 0.15) is 6.92 Å². The van der Waals surface area contributed by atoms with Crippen molar-refractivity contribution in [2.75, 3.05) is 18.4 Å². The molecule has 1 heterocycles. The van der Waals surface area contributed by atoms with Gasteiger partial charge in [0.1, 0.15) is 5.75 Å². The summed E-state index contributed by atoms with van der Waals surface area (Å²) >= 11 is 0. The molecule has 1 aromatic carbocycles. The fourth-order valence-electron chi connectivity index (χ4n) is 2.86. The SMILES string of the molecule is CC(C(=O)Nc1ccc(OC(F)F)cc1)N1C[C@@H](C(F)(F)F)[C@H](C(=O)O)C1.Cl. The van der Waals surface area contributed by atoms with E-state index in [0.717, 1.165) is 4.90 Å². The molecule has 0 bridgehead atoms. The molecule has 2 rings (SSSR count). The van der Waals surface area contributed by atoms with Gasteiger partial charge >= 0.3 is 18.8 Å². The van der Waals surface area contributed by atoms with E-state index in [0.29, 0.717) is 0 Å². The maximum Gasteiger partial charge on any atom is 0.393 e. The largest absolute Gasteiger partial charge is 0.481 e. The van der Waals surface area contributed by atoms with Gasteiger partial charge in [-0.1, -0.05) is 0 Å². The van der Waals surface area contributed by atoms with Crippen LogP contribution in [0.2, 0.25) is 0 Å². The molecular formula is C16H18ClF5N2O4. The summed E-state index contributed by atoms with van der Waals surface area (Å²) in [7, 11) is 0. The molecule has 12 heteroatoms. The molecule has 1 unspecified atom stereocenters. The molecule has 28 heavy (non-hydrogen) atoms. The third-order valence-corrected chi connectivity index (χ3v) is 4.36. The van der Waals surface area contributed by atoms with Gasteiger partial charge in [-0.05, 0) is 31.2 Å². The van der Waals surface area contributed by atoms with Gasteiger partial charge in [0.25, 0.3) is 0 Å². The maximum absolute atomic E-state index is 13.0. The molecule has 0 saturated carbocycles. The zero-order valence-electron chi connectivity index (χ0n) is 14.5. The van der Waals surface area contributed by atoms with Crippen LogP contribution in [0.25, 0.3) is 0 Å². The number of aliphatic carboxylic acids is 1. The Morgan fingerprint density at radius 3 is 2.21 bits per heavy atom. The Morgan fingerprint density at radius 2 is 1.79 bits per heavy atom. The molecule has 2 N–H and O–H groups in total. The van der Waals surface area contributed by atoms with Crippen molar-refractivity contribution in [2.24, 2.45) is 11.8 Å². The highest BCUT2D eigenvalue weighted by atomic mass is 35.5. The van der Waals surface area contributed by atoms with E-state index in [-0.39, 0.29) is 23.8 Å². The van der Waals surface area contributed by atoms with E-state index in [1.54, 1.807) is 0 Å². The van der Waals surface area contributed by atoms with Crippen molar-refractivity contribution in [1.29, 1.82) is 0 Å². The summed E-state index contributed by atoms with van der Waals surface area (Å²) in [6.45, 7) is -2.64. The molecule has 3 atom stereocenters. The van der Waals surface area contributed by atoms with Crippen molar-refractivity contribution in [3.63, 3.8) is 0 Å². The third kappa shape index (κ3) is 5.93. The molecule has 158 valence electrons. The highest BCUT2D eigenvalue weighted by Crippen LogP contribution is 2.38. The average Bonchev–Trinajstić information content (AvgIpc) is 3.01. The number of carboxylic acids is 1. The highest BCUT2D eigenvalue weighted by Gasteiger charge is 2.53. The number of carbonyl (C=O) groups is 2. The second-order valence-corrected chi connectivity index (χ2v) is 6.11. The first-order valence-electron chi connectivity index (χ1n) is 7.88. The smallest absolute Gasteiger partial charge is 0.393 e. The molecule has 1 amide bonds. The minimum Gasteiger partial charge on any atom is -0.481 e. The molecule has 1 fully saturated rings. The van der Waals surface area contributed by atoms with Gasteiger partial charge in [-0.25, -0.2) is 0 Å². The fraction of sp³-hybridized carbons (Fsp3) is 0.500. The molecule has 1 aliphatic heterocycles. The number of hydrogen-bond acceptors (Lipinski definition) is 4. The van der Waals surface area contributed by atoms with E-state index >= 15 is 0 Å². The number of nitrogens with one attached hydrogen (secondary N) is 1. The molecular weight excluding hydrogens is 415 g/mol. The number of carbonyl (C=O) groups excluding carboxylic acids is 1. The second-order valence-electron chi connectivity index (χ2n) is 6.11. The van der Waals surface area contributed by atoms with Crippen molar-refractivity contribution in [2.45, 2.75) is 25.8 Å². The predicted octanol–water partition coefficient (Wildman–Crippen LogP) is 3.23. The molecule has 1 aliphatic rings. The summed E-state index contributed by atoms with van der Waals surface area (Å²) in [5.41, 5.74) is 0.231. The Labute approximate surface area is 163 Å². The van der Waals surface area contributed by atoms with Crippen LogP contribution in [0, 0.1) is 11.8 Å². The number of ether oxygens (including phenoxy) is 1. The Kier molecular flexibility index (Phi) is 8.00. The maximum atomic E-state index is 13.0. The Balaban J connectivity index is 0.00000392. The number of anilines is 1. The zero-order valence-corrected chi connectivity index (χ0v) is 15.3. The number of halogens is 6. The van der Waals surface area contributed by atoms with Crippen molar-refractivity contribution < 1.29 is 41.4 Å². The fourth-order valence-corrected chi connectivity index (χ4v) is 2.86. The zero-order chi connectivity index (χ0) is 20.4. The number of benzene rings is 1. The third-order valence-electron chi connectivity index (χ3n) is 4.36. The first-order valence-corrected chi connectivity index (χ1v) is 7.88. The number of alkyl halides is 5. The first-order chi connectivity index (χ1) is 12.5. The minimum atomic E-state index is -4.69. The number of rotatable bonds is 6. The molecule has 6 nitrogen and oxygen atoms in total. The number of likely N-dealkylation sites (tertiary alicyclic amines) is 1. The molecule has 0 spiro atoms. The van der Waals surface area contributed by atoms with Crippen LogP contribution in [-0.4, -0.2) is 53.8 Å². The van der Waals surface area contributed by atoms with E-state index in [9.17, 15) is 31.5 Å². The van der Waals surface area contributed by atoms with Crippen molar-refractivity contribution in [3.05, 3.63) is 24.3 Å². The Morgan fingerprint density at radius 1 is 1.21 bits per heavy atom. The van der Waals surface area contributed by atoms with Crippen LogP contribution in [0.4, 0.5) is 27.6 Å². The standard InChI is InChI=1S/C16H17F5N2O4.ClH/c1-8(23-6-11(14(25)26)12(7-23)16(19,20)21)13(24)22-9-2-4-10(5-3-9)27-15(17)18;/h2-5,8,11-12,15H,6-7H2,1H3,(H,22,24)(H,25,26);1H/t8?,11-,12-;/m1./s1. The van der Waals surface area contributed by atoms with E-state index in [2.05, 4.69) is 10.1 Å². The lowest BCUT2D eigenvalue weighted by Crippen LogP contribution is -2.41. The van der Waals surface area contributed by atoms with Crippen LogP contribution in [0.15, 0.2) is 24.3 Å². The van der Waals surface area contributed by atoms with Gasteiger partial charge in [0.15, 0.2) is 0 Å². The lowest BCUT2D eigenvalue weighted by molar-refractivity contribution is -0.188. The van der Waals surface area contributed by atoms with Gasteiger partial charge in [-0.15, -0.1) is 12.4 Å². The molecule has 1 saturated heterocycles. The Hall–Kier alpha value is -2.14. The quantitative estimate of drug-likeness (QED) is 0.675. The second kappa shape index (κ2) is 9.37. The van der Waals surface area contributed by atoms with Crippen LogP contribution in [-0.2, 0) is 9.59 Å². The lowest BCUT2D eigenvalue weighted by Gasteiger charge is -2.23. The summed E-state index contributed by atoms with van der Waals surface area (Å²) in [5, 5.41) is 11.5. The van der Waals surface area contributed by atoms with Crippen LogP contribution >= 0.6 is 12.4 Å². The summed E-state index contributed by atoms with van der Waals surface area (Å²) < 4.78 is 67.4. The van der Waals surface area contributed by atoms with Crippen molar-refractivity contribution in [3.8, 4) is 5.75 Å². The van der Waals surface area contributed by atoms with E-state index < -0.39 is 55.6 Å². The van der Waals surface area contributed by atoms with Crippen LogP contribution in [0.5, 0.6) is 5.75 Å². The Bertz CT molecular complexity index is 687. The van der Waals surface area contributed by atoms with Gasteiger partial charge in [0.2, 0.25) is 5.91 Å². The first kappa shape index (κ1) is 23.9. The monoisotopic (exact) mass is 432 g/mol. The summed E-state index contributed by atoms with van der Waals surface area (Å²) in [6.07, 6.45) is -4.69. The summed E-state index contributed by atoms with van der Waals surface area (Å²) in [4.78, 5) is 24.5. The molecule has 1 aromatic rings. The minimum absolute atomic E-state index is 0. The van der Waals surface area contributed by atoms with E-state index in [1.807, 2.05) is 0 Å². The molecule has 0 aliphatic carbocycles.